The minimum absolute atomic E-state index is 0.0589. The number of furan rings is 1. The molecule has 0 atom stereocenters. The van der Waals surface area contributed by atoms with E-state index in [1.165, 1.54) is 11.3 Å². The van der Waals surface area contributed by atoms with Crippen molar-refractivity contribution in [2.24, 2.45) is 0 Å². The van der Waals surface area contributed by atoms with E-state index in [-0.39, 0.29) is 17.2 Å². The molecule has 1 aliphatic heterocycles. The first-order chi connectivity index (χ1) is 12.2. The third kappa shape index (κ3) is 3.29. The zero-order valence-electron chi connectivity index (χ0n) is 13.8. The molecule has 1 aromatic carbocycles. The van der Waals surface area contributed by atoms with E-state index in [1.54, 1.807) is 6.08 Å². The summed E-state index contributed by atoms with van der Waals surface area (Å²) in [6, 6.07) is 13.6. The maximum atomic E-state index is 12.7. The summed E-state index contributed by atoms with van der Waals surface area (Å²) >= 11 is 1.01. The van der Waals surface area contributed by atoms with Crippen LogP contribution < -0.4 is 0 Å². The number of carbonyl (C=O) groups excluding carboxylic acids is 2. The van der Waals surface area contributed by atoms with E-state index in [1.807, 2.05) is 42.5 Å². The second-order valence-corrected chi connectivity index (χ2v) is 7.40. The van der Waals surface area contributed by atoms with E-state index in [9.17, 15) is 9.59 Å². The van der Waals surface area contributed by atoms with Gasteiger partial charge in [0.25, 0.3) is 11.1 Å². The van der Waals surface area contributed by atoms with Crippen LogP contribution in [0.5, 0.6) is 0 Å². The molecule has 2 aliphatic rings. The van der Waals surface area contributed by atoms with Crippen molar-refractivity contribution in [1.82, 2.24) is 4.90 Å². The van der Waals surface area contributed by atoms with Crippen molar-refractivity contribution in [1.29, 1.82) is 0 Å². The van der Waals surface area contributed by atoms with Crippen LogP contribution in [0.1, 0.15) is 37.9 Å². The molecule has 0 spiro atoms. The number of nitrogens with zero attached hydrogens (tertiary/aromatic N) is 1. The van der Waals surface area contributed by atoms with Gasteiger partial charge in [-0.15, -0.1) is 0 Å². The number of benzene rings is 1. The summed E-state index contributed by atoms with van der Waals surface area (Å²) in [5, 5.41) is -0.155. The minimum Gasteiger partial charge on any atom is -0.457 e. The van der Waals surface area contributed by atoms with Crippen molar-refractivity contribution in [3.05, 3.63) is 53.1 Å². The van der Waals surface area contributed by atoms with Crippen LogP contribution in [0.2, 0.25) is 0 Å². The van der Waals surface area contributed by atoms with Crippen molar-refractivity contribution in [2.75, 3.05) is 0 Å². The van der Waals surface area contributed by atoms with E-state index in [2.05, 4.69) is 0 Å². The molecule has 1 saturated heterocycles. The molecule has 4 nitrogen and oxygen atoms in total. The van der Waals surface area contributed by atoms with E-state index in [0.29, 0.717) is 10.7 Å². The van der Waals surface area contributed by atoms with Crippen LogP contribution in [0.3, 0.4) is 0 Å². The quantitative estimate of drug-likeness (QED) is 0.701. The normalized spacial score (nSPS) is 20.6. The molecule has 0 bridgehead atoms. The van der Waals surface area contributed by atoms with Crippen molar-refractivity contribution < 1.29 is 14.0 Å². The molecule has 4 rings (SSSR count). The second kappa shape index (κ2) is 6.92. The number of hydrogen-bond donors (Lipinski definition) is 0. The summed E-state index contributed by atoms with van der Waals surface area (Å²) in [6.07, 6.45) is 6.89. The van der Waals surface area contributed by atoms with Crippen molar-refractivity contribution in [2.45, 2.75) is 38.1 Å². The molecule has 128 valence electrons. The van der Waals surface area contributed by atoms with Gasteiger partial charge in [-0.25, -0.2) is 0 Å². The lowest BCUT2D eigenvalue weighted by Crippen LogP contribution is -2.39. The fraction of sp³-hybridized carbons (Fsp3) is 0.300. The van der Waals surface area contributed by atoms with Gasteiger partial charge in [-0.1, -0.05) is 49.6 Å². The Labute approximate surface area is 150 Å². The molecule has 2 heterocycles. The van der Waals surface area contributed by atoms with Gasteiger partial charge in [-0.05, 0) is 36.7 Å². The molecule has 2 fully saturated rings. The monoisotopic (exact) mass is 353 g/mol. The molecule has 1 aromatic heterocycles. The van der Waals surface area contributed by atoms with Gasteiger partial charge in [0.2, 0.25) is 0 Å². The Morgan fingerprint density at radius 3 is 2.52 bits per heavy atom. The largest absolute Gasteiger partial charge is 0.457 e. The number of amides is 2. The standard InChI is InChI=1S/C20H19NO3S/c22-19-18(25-20(23)21(19)15-9-5-2-6-10-15)13-16-11-12-17(24-16)14-7-3-1-4-8-14/h1,3-4,7-8,11-13,15H,2,5-6,9-10H2/b18-13-. The molecule has 5 heteroatoms. The lowest BCUT2D eigenvalue weighted by Gasteiger charge is -2.28. The highest BCUT2D eigenvalue weighted by molar-refractivity contribution is 8.18. The van der Waals surface area contributed by atoms with Crippen molar-refractivity contribution >= 4 is 29.0 Å². The maximum Gasteiger partial charge on any atom is 0.293 e. The highest BCUT2D eigenvalue weighted by Gasteiger charge is 2.40. The van der Waals surface area contributed by atoms with E-state index < -0.39 is 0 Å². The minimum atomic E-state index is -0.181. The predicted molar refractivity (Wildman–Crippen MR) is 98.8 cm³/mol. The highest BCUT2D eigenvalue weighted by atomic mass is 32.2. The Kier molecular flexibility index (Phi) is 4.49. The van der Waals surface area contributed by atoms with Crippen LogP contribution in [0.15, 0.2) is 51.8 Å². The Morgan fingerprint density at radius 2 is 1.76 bits per heavy atom. The summed E-state index contributed by atoms with van der Waals surface area (Å²) < 4.78 is 5.82. The van der Waals surface area contributed by atoms with E-state index >= 15 is 0 Å². The third-order valence-corrected chi connectivity index (χ3v) is 5.61. The topological polar surface area (TPSA) is 50.5 Å². The van der Waals surface area contributed by atoms with Gasteiger partial charge in [0.1, 0.15) is 11.5 Å². The SMILES string of the molecule is O=C1S/C(=C\c2ccc(-c3ccccc3)o2)C(=O)N1C1CCCCC1. The fourth-order valence-electron chi connectivity index (χ4n) is 3.45. The van der Waals surface area contributed by atoms with Crippen LogP contribution in [0.4, 0.5) is 4.79 Å². The first-order valence-electron chi connectivity index (χ1n) is 8.65. The lowest BCUT2D eigenvalue weighted by atomic mass is 9.94. The summed E-state index contributed by atoms with van der Waals surface area (Å²) in [5.74, 6) is 1.16. The van der Waals surface area contributed by atoms with Gasteiger partial charge in [-0.3, -0.25) is 14.5 Å². The van der Waals surface area contributed by atoms with Crippen molar-refractivity contribution in [3.8, 4) is 11.3 Å². The molecular weight excluding hydrogens is 334 g/mol. The Balaban J connectivity index is 1.55. The summed E-state index contributed by atoms with van der Waals surface area (Å²) in [4.78, 5) is 26.9. The van der Waals surface area contributed by atoms with Crippen LogP contribution in [0, 0.1) is 0 Å². The number of hydrogen-bond acceptors (Lipinski definition) is 4. The molecule has 0 radical (unpaired) electrons. The highest BCUT2D eigenvalue weighted by Crippen LogP contribution is 2.37. The summed E-state index contributed by atoms with van der Waals surface area (Å²) in [6.45, 7) is 0. The molecule has 25 heavy (non-hydrogen) atoms. The second-order valence-electron chi connectivity index (χ2n) is 6.41. The van der Waals surface area contributed by atoms with Gasteiger partial charge in [-0.2, -0.15) is 0 Å². The van der Waals surface area contributed by atoms with Gasteiger partial charge >= 0.3 is 0 Å². The predicted octanol–water partition coefficient (Wildman–Crippen LogP) is 5.32. The molecule has 2 amide bonds. The first kappa shape index (κ1) is 16.2. The molecule has 0 unspecified atom stereocenters. The summed E-state index contributed by atoms with van der Waals surface area (Å²) in [5.41, 5.74) is 0.984. The Morgan fingerprint density at radius 1 is 1.00 bits per heavy atom. The molecular formula is C20H19NO3S. The van der Waals surface area contributed by atoms with Crippen LogP contribution in [-0.2, 0) is 4.79 Å². The number of thioether (sulfide) groups is 1. The van der Waals surface area contributed by atoms with E-state index in [4.69, 9.17) is 4.42 Å². The molecule has 2 aromatic rings. The average Bonchev–Trinajstić information content (AvgIpc) is 3.22. The fourth-order valence-corrected chi connectivity index (χ4v) is 4.33. The zero-order valence-corrected chi connectivity index (χ0v) is 14.6. The number of imide groups is 1. The zero-order chi connectivity index (χ0) is 17.2. The van der Waals surface area contributed by atoms with Gasteiger partial charge < -0.3 is 4.42 Å². The average molecular weight is 353 g/mol. The number of carbonyl (C=O) groups is 2. The van der Waals surface area contributed by atoms with Gasteiger partial charge in [0.15, 0.2) is 0 Å². The smallest absolute Gasteiger partial charge is 0.293 e. The Hall–Kier alpha value is -2.27. The number of rotatable bonds is 3. The summed E-state index contributed by atoms with van der Waals surface area (Å²) in [7, 11) is 0. The molecule has 1 aliphatic carbocycles. The van der Waals surface area contributed by atoms with E-state index in [0.717, 1.165) is 48.8 Å². The van der Waals surface area contributed by atoms with Crippen molar-refractivity contribution in [3.63, 3.8) is 0 Å². The molecule has 0 N–H and O–H groups in total. The van der Waals surface area contributed by atoms with Crippen LogP contribution in [-0.4, -0.2) is 22.1 Å². The van der Waals surface area contributed by atoms with Gasteiger partial charge in [0, 0.05) is 17.7 Å². The van der Waals surface area contributed by atoms with Crippen LogP contribution in [0.25, 0.3) is 17.4 Å². The Bertz CT molecular complexity index is 818. The van der Waals surface area contributed by atoms with Crippen LogP contribution >= 0.6 is 11.8 Å². The first-order valence-corrected chi connectivity index (χ1v) is 9.46. The van der Waals surface area contributed by atoms with Gasteiger partial charge in [0.05, 0.1) is 4.91 Å². The lowest BCUT2D eigenvalue weighted by molar-refractivity contribution is -0.124. The third-order valence-electron chi connectivity index (χ3n) is 4.72. The molecule has 1 saturated carbocycles. The maximum absolute atomic E-state index is 12.7.